The number of amides is 1. The number of benzene rings is 2. The van der Waals surface area contributed by atoms with Crippen molar-refractivity contribution in [3.8, 4) is 0 Å². The Morgan fingerprint density at radius 3 is 2.41 bits per heavy atom. The van der Waals surface area contributed by atoms with Gasteiger partial charge in [0.15, 0.2) is 11.4 Å². The molecule has 1 atom stereocenters. The van der Waals surface area contributed by atoms with Gasteiger partial charge in [-0.05, 0) is 62.6 Å². The smallest absolute Gasteiger partial charge is 0.266 e. The molecule has 1 N–H and O–H groups in total. The number of hydrogen-bond acceptors (Lipinski definition) is 6. The van der Waals surface area contributed by atoms with Gasteiger partial charge in [0.25, 0.3) is 5.89 Å². The van der Waals surface area contributed by atoms with E-state index in [2.05, 4.69) is 15.2 Å². The van der Waals surface area contributed by atoms with Crippen molar-refractivity contribution in [1.82, 2.24) is 10.3 Å². The molecule has 1 saturated heterocycles. The zero-order valence-corrected chi connectivity index (χ0v) is 18.3. The van der Waals surface area contributed by atoms with Gasteiger partial charge < -0.3 is 14.6 Å². The van der Waals surface area contributed by atoms with Crippen LogP contribution in [0.25, 0.3) is 11.1 Å². The first kappa shape index (κ1) is 21.7. The third-order valence-electron chi connectivity index (χ3n) is 6.05. The normalized spacial score (nSPS) is 15.5. The molecular weight excluding hydrogens is 406 g/mol. The van der Waals surface area contributed by atoms with E-state index in [1.54, 1.807) is 19.1 Å². The van der Waals surface area contributed by atoms with E-state index in [1.807, 2.05) is 43.3 Å². The Morgan fingerprint density at radius 2 is 1.78 bits per heavy atom. The van der Waals surface area contributed by atoms with Crippen LogP contribution in [0.3, 0.4) is 0 Å². The molecule has 3 aromatic rings. The van der Waals surface area contributed by atoms with Gasteiger partial charge >= 0.3 is 0 Å². The Hall–Kier alpha value is -3.48. The van der Waals surface area contributed by atoms with E-state index in [-0.39, 0.29) is 29.3 Å². The molecule has 4 rings (SSSR count). The molecule has 32 heavy (non-hydrogen) atoms. The Labute approximate surface area is 186 Å². The summed E-state index contributed by atoms with van der Waals surface area (Å²) >= 11 is 0. The van der Waals surface area contributed by atoms with E-state index in [0.29, 0.717) is 35.9 Å². The Balaban J connectivity index is 1.35. The summed E-state index contributed by atoms with van der Waals surface area (Å²) in [6, 6.07) is 14.1. The SMILES string of the molecule is CCC(NC(=O)C1CCN(c2ccc(C(C)=O)cc2)CC1)C(=O)c1nc2ccccc2o1. The first-order chi connectivity index (χ1) is 15.5. The molecule has 1 fully saturated rings. The summed E-state index contributed by atoms with van der Waals surface area (Å²) in [4.78, 5) is 43.7. The van der Waals surface area contributed by atoms with Gasteiger partial charge in [0, 0.05) is 30.3 Å². The van der Waals surface area contributed by atoms with Crippen molar-refractivity contribution in [3.05, 3.63) is 60.0 Å². The minimum absolute atomic E-state index is 0.0298. The second-order valence-corrected chi connectivity index (χ2v) is 8.18. The first-order valence-corrected chi connectivity index (χ1v) is 11.0. The number of carbonyl (C=O) groups excluding carboxylic acids is 3. The number of carbonyl (C=O) groups is 3. The van der Waals surface area contributed by atoms with Crippen LogP contribution in [0.2, 0.25) is 0 Å². The average Bonchev–Trinajstić information content (AvgIpc) is 3.26. The highest BCUT2D eigenvalue weighted by atomic mass is 16.4. The maximum atomic E-state index is 12.9. The van der Waals surface area contributed by atoms with E-state index < -0.39 is 6.04 Å². The fourth-order valence-corrected chi connectivity index (χ4v) is 4.08. The number of ketones is 2. The maximum absolute atomic E-state index is 12.9. The average molecular weight is 434 g/mol. The van der Waals surface area contributed by atoms with Crippen LogP contribution in [-0.4, -0.2) is 41.6 Å². The molecule has 0 saturated carbocycles. The van der Waals surface area contributed by atoms with Gasteiger partial charge in [-0.25, -0.2) is 4.98 Å². The van der Waals surface area contributed by atoms with Gasteiger partial charge in [-0.1, -0.05) is 19.1 Å². The Kier molecular flexibility index (Phi) is 6.35. The number of piperidine rings is 1. The molecule has 1 unspecified atom stereocenters. The Morgan fingerprint density at radius 1 is 1.09 bits per heavy atom. The maximum Gasteiger partial charge on any atom is 0.266 e. The number of oxazole rings is 1. The lowest BCUT2D eigenvalue weighted by molar-refractivity contribution is -0.126. The van der Waals surface area contributed by atoms with Crippen LogP contribution in [-0.2, 0) is 4.79 Å². The summed E-state index contributed by atoms with van der Waals surface area (Å²) in [5.74, 6) is -0.479. The highest BCUT2D eigenvalue weighted by Crippen LogP contribution is 2.24. The number of rotatable bonds is 7. The molecule has 0 radical (unpaired) electrons. The highest BCUT2D eigenvalue weighted by Gasteiger charge is 2.30. The van der Waals surface area contributed by atoms with Gasteiger partial charge in [0.2, 0.25) is 11.7 Å². The van der Waals surface area contributed by atoms with Crippen LogP contribution >= 0.6 is 0 Å². The molecule has 1 amide bonds. The standard InChI is InChI=1S/C25H27N3O4/c1-3-20(23(30)25-27-21-6-4-5-7-22(21)32-25)26-24(31)18-12-14-28(15-13-18)19-10-8-17(9-11-19)16(2)29/h4-11,18,20H,3,12-15H2,1-2H3,(H,26,31). The molecule has 2 aromatic carbocycles. The van der Waals surface area contributed by atoms with Crippen molar-refractivity contribution in [2.45, 2.75) is 39.2 Å². The third kappa shape index (κ3) is 4.56. The predicted octanol–water partition coefficient (Wildman–Crippen LogP) is 4.02. The highest BCUT2D eigenvalue weighted by molar-refractivity contribution is 6.00. The van der Waals surface area contributed by atoms with Crippen molar-refractivity contribution in [2.75, 3.05) is 18.0 Å². The van der Waals surface area contributed by atoms with Crippen LogP contribution in [0.5, 0.6) is 0 Å². The minimum Gasteiger partial charge on any atom is -0.434 e. The summed E-state index contributed by atoms with van der Waals surface area (Å²) < 4.78 is 5.59. The summed E-state index contributed by atoms with van der Waals surface area (Å²) in [6.07, 6.45) is 1.87. The van der Waals surface area contributed by atoms with E-state index in [1.165, 1.54) is 0 Å². The lowest BCUT2D eigenvalue weighted by atomic mass is 9.94. The van der Waals surface area contributed by atoms with Gasteiger partial charge in [-0.2, -0.15) is 0 Å². The van der Waals surface area contributed by atoms with Crippen LogP contribution < -0.4 is 10.2 Å². The molecule has 0 bridgehead atoms. The number of aromatic nitrogens is 1. The van der Waals surface area contributed by atoms with Gasteiger partial charge in [0.05, 0.1) is 6.04 Å². The van der Waals surface area contributed by atoms with Crippen molar-refractivity contribution >= 4 is 34.3 Å². The van der Waals surface area contributed by atoms with E-state index in [9.17, 15) is 14.4 Å². The molecule has 0 spiro atoms. The predicted molar refractivity (Wildman–Crippen MR) is 122 cm³/mol. The van der Waals surface area contributed by atoms with Crippen LogP contribution in [0.15, 0.2) is 52.9 Å². The first-order valence-electron chi connectivity index (χ1n) is 11.0. The lowest BCUT2D eigenvalue weighted by Crippen LogP contribution is -2.46. The quantitative estimate of drug-likeness (QED) is 0.566. The second-order valence-electron chi connectivity index (χ2n) is 8.18. The fourth-order valence-electron chi connectivity index (χ4n) is 4.08. The van der Waals surface area contributed by atoms with E-state index in [4.69, 9.17) is 4.42 Å². The summed E-state index contributed by atoms with van der Waals surface area (Å²) in [5, 5.41) is 2.91. The zero-order chi connectivity index (χ0) is 22.7. The van der Waals surface area contributed by atoms with Crippen LogP contribution in [0.4, 0.5) is 5.69 Å². The van der Waals surface area contributed by atoms with Gasteiger partial charge in [-0.15, -0.1) is 0 Å². The van der Waals surface area contributed by atoms with E-state index in [0.717, 1.165) is 18.8 Å². The number of anilines is 1. The molecule has 7 nitrogen and oxygen atoms in total. The fraction of sp³-hybridized carbons (Fsp3) is 0.360. The van der Waals surface area contributed by atoms with Gasteiger partial charge in [-0.3, -0.25) is 14.4 Å². The second kappa shape index (κ2) is 9.34. The van der Waals surface area contributed by atoms with Crippen LogP contribution in [0.1, 0.15) is 54.2 Å². The molecule has 0 aliphatic carbocycles. The molecule has 2 heterocycles. The molecule has 1 aliphatic heterocycles. The van der Waals surface area contributed by atoms with Gasteiger partial charge in [0.1, 0.15) is 5.52 Å². The summed E-state index contributed by atoms with van der Waals surface area (Å²) in [5.41, 5.74) is 2.92. The van der Waals surface area contributed by atoms with Crippen molar-refractivity contribution in [3.63, 3.8) is 0 Å². The van der Waals surface area contributed by atoms with Crippen LogP contribution in [0, 0.1) is 5.92 Å². The Bertz CT molecular complexity index is 1090. The monoisotopic (exact) mass is 433 g/mol. The van der Waals surface area contributed by atoms with E-state index >= 15 is 0 Å². The number of fused-ring (bicyclic) bond motifs is 1. The minimum atomic E-state index is -0.660. The number of hydrogen-bond donors (Lipinski definition) is 1. The largest absolute Gasteiger partial charge is 0.434 e. The van der Waals surface area contributed by atoms with Crippen molar-refractivity contribution < 1.29 is 18.8 Å². The molecule has 7 heteroatoms. The number of para-hydroxylation sites is 2. The topological polar surface area (TPSA) is 92.5 Å². The molecule has 166 valence electrons. The zero-order valence-electron chi connectivity index (χ0n) is 18.3. The number of nitrogens with one attached hydrogen (secondary N) is 1. The van der Waals surface area contributed by atoms with Crippen molar-refractivity contribution in [1.29, 1.82) is 0 Å². The molecular formula is C25H27N3O4. The number of nitrogens with zero attached hydrogens (tertiary/aromatic N) is 2. The molecule has 1 aliphatic rings. The number of Topliss-reactive ketones (excluding diaryl/α,β-unsaturated/α-hetero) is 2. The lowest BCUT2D eigenvalue weighted by Gasteiger charge is -2.33. The third-order valence-corrected chi connectivity index (χ3v) is 6.05. The summed E-state index contributed by atoms with van der Waals surface area (Å²) in [6.45, 7) is 4.90. The van der Waals surface area contributed by atoms with Crippen molar-refractivity contribution in [2.24, 2.45) is 5.92 Å². The summed E-state index contributed by atoms with van der Waals surface area (Å²) in [7, 11) is 0. The molecule has 1 aromatic heterocycles.